The third-order valence-electron chi connectivity index (χ3n) is 3.44. The van der Waals surface area contributed by atoms with Crippen LogP contribution in [0.2, 0.25) is 0 Å². The van der Waals surface area contributed by atoms with E-state index < -0.39 is 6.03 Å². The molecule has 0 spiro atoms. The monoisotopic (exact) mass is 399 g/mol. The van der Waals surface area contributed by atoms with Crippen LogP contribution in [0, 0.1) is 0 Å². The number of aromatic nitrogens is 1. The molecule has 1 aromatic heterocycles. The van der Waals surface area contributed by atoms with Crippen LogP contribution in [0.3, 0.4) is 0 Å². The van der Waals surface area contributed by atoms with Gasteiger partial charge < -0.3 is 10.6 Å². The van der Waals surface area contributed by atoms with E-state index in [9.17, 15) is 9.59 Å². The lowest BCUT2D eigenvalue weighted by atomic mass is 10.0. The number of hydrogen-bond acceptors (Lipinski definition) is 4. The summed E-state index contributed by atoms with van der Waals surface area (Å²) in [6, 6.07) is 11.4. The summed E-state index contributed by atoms with van der Waals surface area (Å²) >= 11 is 0. The summed E-state index contributed by atoms with van der Waals surface area (Å²) in [4.78, 5) is 26.2. The SMILES string of the molecule is CC(=O)Nc1ccc(CCc2ccc(CNC(=O)NN)cc2)cn1.Cl.Cl. The van der Waals surface area contributed by atoms with Gasteiger partial charge in [0.1, 0.15) is 5.82 Å². The molecule has 26 heavy (non-hydrogen) atoms. The second-order valence-corrected chi connectivity index (χ2v) is 5.38. The fourth-order valence-electron chi connectivity index (χ4n) is 2.17. The summed E-state index contributed by atoms with van der Waals surface area (Å²) in [5.41, 5.74) is 5.33. The van der Waals surface area contributed by atoms with Crippen LogP contribution in [0.15, 0.2) is 42.6 Å². The van der Waals surface area contributed by atoms with Crippen LogP contribution < -0.4 is 21.9 Å². The summed E-state index contributed by atoms with van der Waals surface area (Å²) in [6.07, 6.45) is 3.52. The van der Waals surface area contributed by atoms with Crippen molar-refractivity contribution in [3.63, 3.8) is 0 Å². The van der Waals surface area contributed by atoms with Crippen LogP contribution in [0.4, 0.5) is 10.6 Å². The van der Waals surface area contributed by atoms with E-state index in [-0.39, 0.29) is 30.7 Å². The third kappa shape index (κ3) is 8.15. The van der Waals surface area contributed by atoms with Gasteiger partial charge in [-0.1, -0.05) is 30.3 Å². The number of nitrogens with two attached hydrogens (primary N) is 1. The van der Waals surface area contributed by atoms with E-state index in [4.69, 9.17) is 5.84 Å². The Morgan fingerprint density at radius 2 is 1.54 bits per heavy atom. The molecule has 0 unspecified atom stereocenters. The first kappa shape index (κ1) is 23.6. The van der Waals surface area contributed by atoms with Gasteiger partial charge in [-0.15, -0.1) is 24.8 Å². The van der Waals surface area contributed by atoms with Gasteiger partial charge in [-0.3, -0.25) is 10.2 Å². The lowest BCUT2D eigenvalue weighted by Crippen LogP contribution is -2.39. The topological polar surface area (TPSA) is 109 Å². The average Bonchev–Trinajstić information content (AvgIpc) is 2.59. The number of rotatable bonds is 6. The number of nitrogens with one attached hydrogen (secondary N) is 3. The number of hydrazine groups is 1. The van der Waals surface area contributed by atoms with Crippen molar-refractivity contribution in [3.05, 3.63) is 59.3 Å². The van der Waals surface area contributed by atoms with Crippen LogP contribution in [-0.2, 0) is 24.2 Å². The van der Waals surface area contributed by atoms with Gasteiger partial charge in [-0.05, 0) is 35.6 Å². The standard InChI is InChI=1S/C17H21N5O2.2ClH/c1-12(23)21-16-9-8-15(10-19-16)7-4-13-2-5-14(6-3-13)11-20-17(24)22-18;;/h2-3,5-6,8-10H,4,7,11,18H2,1H3,(H,19,21,23)(H2,20,22,24);2*1H. The summed E-state index contributed by atoms with van der Waals surface area (Å²) in [5.74, 6) is 5.43. The Labute approximate surface area is 164 Å². The van der Waals surface area contributed by atoms with Crippen molar-refractivity contribution in [1.29, 1.82) is 0 Å². The maximum absolute atomic E-state index is 11.0. The number of carbonyl (C=O) groups excluding carboxylic acids is 2. The van der Waals surface area contributed by atoms with Crippen molar-refractivity contribution in [2.45, 2.75) is 26.3 Å². The number of carbonyl (C=O) groups is 2. The molecule has 3 amide bonds. The Balaban J connectivity index is 0.00000312. The number of aryl methyl sites for hydroxylation is 2. The Morgan fingerprint density at radius 3 is 2.08 bits per heavy atom. The zero-order chi connectivity index (χ0) is 17.4. The Bertz CT molecular complexity index is 693. The molecule has 0 aliphatic rings. The minimum atomic E-state index is -0.408. The van der Waals surface area contributed by atoms with Gasteiger partial charge in [-0.2, -0.15) is 0 Å². The lowest BCUT2D eigenvalue weighted by Gasteiger charge is -2.07. The lowest BCUT2D eigenvalue weighted by molar-refractivity contribution is -0.114. The Hall–Kier alpha value is -2.35. The second-order valence-electron chi connectivity index (χ2n) is 5.38. The summed E-state index contributed by atoms with van der Waals surface area (Å²) in [7, 11) is 0. The predicted octanol–water partition coefficient (Wildman–Crippen LogP) is 2.34. The first-order valence-electron chi connectivity index (χ1n) is 7.61. The highest BCUT2D eigenvalue weighted by Gasteiger charge is 2.01. The molecule has 142 valence electrons. The van der Waals surface area contributed by atoms with Crippen LogP contribution in [0.25, 0.3) is 0 Å². The zero-order valence-electron chi connectivity index (χ0n) is 14.3. The van der Waals surface area contributed by atoms with Crippen molar-refractivity contribution >= 4 is 42.6 Å². The van der Waals surface area contributed by atoms with Gasteiger partial charge in [0, 0.05) is 19.7 Å². The fourth-order valence-corrected chi connectivity index (χ4v) is 2.17. The van der Waals surface area contributed by atoms with Gasteiger partial charge in [0.2, 0.25) is 5.91 Å². The maximum atomic E-state index is 11.0. The highest BCUT2D eigenvalue weighted by Crippen LogP contribution is 2.10. The molecule has 2 aromatic rings. The van der Waals surface area contributed by atoms with E-state index in [0.29, 0.717) is 12.4 Å². The smallest absolute Gasteiger partial charge is 0.329 e. The van der Waals surface area contributed by atoms with Crippen LogP contribution in [0.1, 0.15) is 23.6 Å². The number of anilines is 1. The summed E-state index contributed by atoms with van der Waals surface area (Å²) in [5, 5.41) is 5.28. The minimum Gasteiger partial charge on any atom is -0.333 e. The van der Waals surface area contributed by atoms with Crippen molar-refractivity contribution in [2.75, 3.05) is 5.32 Å². The third-order valence-corrected chi connectivity index (χ3v) is 3.44. The van der Waals surface area contributed by atoms with Crippen LogP contribution >= 0.6 is 24.8 Å². The van der Waals surface area contributed by atoms with E-state index >= 15 is 0 Å². The van der Waals surface area contributed by atoms with Gasteiger partial charge in [-0.25, -0.2) is 15.6 Å². The maximum Gasteiger partial charge on any atom is 0.329 e. The number of pyridine rings is 1. The highest BCUT2D eigenvalue weighted by molar-refractivity contribution is 5.87. The van der Waals surface area contributed by atoms with Gasteiger partial charge in [0.15, 0.2) is 0 Å². The number of nitrogens with zero attached hydrogens (tertiary/aromatic N) is 1. The molecule has 5 N–H and O–H groups in total. The van der Waals surface area contributed by atoms with Gasteiger partial charge in [0.25, 0.3) is 0 Å². The normalized spacial score (nSPS) is 9.31. The van der Waals surface area contributed by atoms with Crippen molar-refractivity contribution < 1.29 is 9.59 Å². The Morgan fingerprint density at radius 1 is 0.962 bits per heavy atom. The highest BCUT2D eigenvalue weighted by atomic mass is 35.5. The Kier molecular flexibility index (Phi) is 11.0. The molecule has 9 heteroatoms. The van der Waals surface area contributed by atoms with E-state index in [0.717, 1.165) is 24.0 Å². The molecule has 0 radical (unpaired) electrons. The molecule has 0 saturated carbocycles. The van der Waals surface area contributed by atoms with Gasteiger partial charge >= 0.3 is 6.03 Å². The van der Waals surface area contributed by atoms with Crippen molar-refractivity contribution in [3.8, 4) is 0 Å². The molecule has 7 nitrogen and oxygen atoms in total. The average molecular weight is 400 g/mol. The second kappa shape index (κ2) is 12.1. The van der Waals surface area contributed by atoms with E-state index in [1.807, 2.05) is 35.8 Å². The largest absolute Gasteiger partial charge is 0.333 e. The van der Waals surface area contributed by atoms with Crippen LogP contribution in [-0.4, -0.2) is 16.9 Å². The van der Waals surface area contributed by atoms with E-state index in [1.54, 1.807) is 12.3 Å². The van der Waals surface area contributed by atoms with Crippen molar-refractivity contribution in [2.24, 2.45) is 5.84 Å². The quantitative estimate of drug-likeness (QED) is 0.339. The van der Waals surface area contributed by atoms with Crippen LogP contribution in [0.5, 0.6) is 0 Å². The van der Waals surface area contributed by atoms with E-state index in [1.165, 1.54) is 12.5 Å². The molecule has 0 bridgehead atoms. The summed E-state index contributed by atoms with van der Waals surface area (Å²) < 4.78 is 0. The first-order chi connectivity index (χ1) is 11.6. The first-order valence-corrected chi connectivity index (χ1v) is 7.61. The van der Waals surface area contributed by atoms with E-state index in [2.05, 4.69) is 15.6 Å². The molecular weight excluding hydrogens is 377 g/mol. The molecule has 0 aliphatic heterocycles. The zero-order valence-corrected chi connectivity index (χ0v) is 16.0. The molecule has 1 aromatic carbocycles. The molecule has 2 rings (SSSR count). The summed E-state index contributed by atoms with van der Waals surface area (Å²) in [6.45, 7) is 1.88. The number of halogens is 2. The van der Waals surface area contributed by atoms with Crippen molar-refractivity contribution in [1.82, 2.24) is 15.7 Å². The van der Waals surface area contributed by atoms with Gasteiger partial charge in [0.05, 0.1) is 0 Å². The predicted molar refractivity (Wildman–Crippen MR) is 106 cm³/mol. The number of benzene rings is 1. The molecule has 0 saturated heterocycles. The molecule has 1 heterocycles. The fraction of sp³-hybridized carbons (Fsp3) is 0.235. The molecular formula is C17H23Cl2N5O2. The minimum absolute atomic E-state index is 0. The number of amides is 3. The number of urea groups is 1. The molecule has 0 fully saturated rings. The molecule has 0 aliphatic carbocycles. The number of hydrogen-bond donors (Lipinski definition) is 4. The molecule has 0 atom stereocenters.